The highest BCUT2D eigenvalue weighted by Crippen LogP contribution is 2.39. The van der Waals surface area contributed by atoms with Crippen LogP contribution in [-0.2, 0) is 6.54 Å². The van der Waals surface area contributed by atoms with E-state index in [1.54, 1.807) is 11.3 Å². The molecule has 0 aliphatic carbocycles. The average molecular weight is 412 g/mol. The van der Waals surface area contributed by atoms with Gasteiger partial charge in [0.1, 0.15) is 11.3 Å². The maximum atomic E-state index is 9.66. The lowest BCUT2D eigenvalue weighted by Gasteiger charge is -2.30. The molecule has 0 spiro atoms. The molecule has 2 heterocycles. The monoisotopic (exact) mass is 411 g/mol. The molecule has 0 bridgehead atoms. The summed E-state index contributed by atoms with van der Waals surface area (Å²) in [4.78, 5) is 2.26. The van der Waals surface area contributed by atoms with Gasteiger partial charge in [-0.15, -0.1) is 0 Å². The van der Waals surface area contributed by atoms with Gasteiger partial charge in [0, 0.05) is 36.1 Å². The molecule has 30 heavy (non-hydrogen) atoms. The number of rotatable bonds is 4. The molecule has 0 atom stereocenters. The SMILES string of the molecule is CN1C(c2ccccc2)=C/C(=C\c2sc3ccccc3[n+]2CCO)c2ccccc21. The largest absolute Gasteiger partial charge is 0.390 e. The van der Waals surface area contributed by atoms with Crippen LogP contribution in [-0.4, -0.2) is 18.8 Å². The molecule has 5 rings (SSSR count). The summed E-state index contributed by atoms with van der Waals surface area (Å²) >= 11 is 1.76. The van der Waals surface area contributed by atoms with Crippen molar-refractivity contribution < 1.29 is 9.67 Å². The fourth-order valence-electron chi connectivity index (χ4n) is 4.09. The maximum absolute atomic E-state index is 9.66. The molecule has 4 heteroatoms. The Bertz CT molecular complexity index is 1270. The molecule has 3 nitrogen and oxygen atoms in total. The van der Waals surface area contributed by atoms with E-state index < -0.39 is 0 Å². The number of hydrogen-bond donors (Lipinski definition) is 1. The lowest BCUT2D eigenvalue weighted by molar-refractivity contribution is -0.670. The van der Waals surface area contributed by atoms with Crippen LogP contribution in [0.1, 0.15) is 16.1 Å². The summed E-state index contributed by atoms with van der Waals surface area (Å²) in [5, 5.41) is 10.8. The third-order valence-electron chi connectivity index (χ3n) is 5.54. The first-order valence-electron chi connectivity index (χ1n) is 10.1. The zero-order chi connectivity index (χ0) is 20.5. The Morgan fingerprint density at radius 3 is 2.50 bits per heavy atom. The second kappa shape index (κ2) is 7.90. The Morgan fingerprint density at radius 2 is 1.67 bits per heavy atom. The Balaban J connectivity index is 1.72. The predicted molar refractivity (Wildman–Crippen MR) is 126 cm³/mol. The number of hydrogen-bond acceptors (Lipinski definition) is 3. The Morgan fingerprint density at radius 1 is 0.933 bits per heavy atom. The predicted octanol–water partition coefficient (Wildman–Crippen LogP) is 5.21. The smallest absolute Gasteiger partial charge is 0.263 e. The van der Waals surface area contributed by atoms with Gasteiger partial charge in [0.25, 0.3) is 5.01 Å². The summed E-state index contributed by atoms with van der Waals surface area (Å²) in [5.74, 6) is 0. The molecule has 0 radical (unpaired) electrons. The van der Waals surface area contributed by atoms with Gasteiger partial charge in [-0.05, 0) is 29.3 Å². The first-order chi connectivity index (χ1) is 14.8. The quantitative estimate of drug-likeness (QED) is 0.467. The van der Waals surface area contributed by atoms with Crippen LogP contribution >= 0.6 is 11.3 Å². The molecule has 4 aromatic rings. The minimum atomic E-state index is 0.117. The highest BCUT2D eigenvalue weighted by molar-refractivity contribution is 7.18. The fraction of sp³-hybridized carbons (Fsp3) is 0.115. The van der Waals surface area contributed by atoms with Gasteiger partial charge in [0.2, 0.25) is 5.52 Å². The zero-order valence-corrected chi connectivity index (χ0v) is 17.6. The number of para-hydroxylation sites is 2. The molecule has 0 amide bonds. The highest BCUT2D eigenvalue weighted by Gasteiger charge is 2.23. The molecule has 1 aliphatic rings. The lowest BCUT2D eigenvalue weighted by atomic mass is 9.95. The summed E-state index contributed by atoms with van der Waals surface area (Å²) < 4.78 is 3.44. The first-order valence-corrected chi connectivity index (χ1v) is 10.9. The number of aromatic nitrogens is 1. The molecule has 148 valence electrons. The molecule has 3 aromatic carbocycles. The molecule has 0 unspecified atom stereocenters. The summed E-state index contributed by atoms with van der Waals surface area (Å²) in [6, 6.07) is 27.4. The molecule has 1 N–H and O–H groups in total. The number of nitrogens with zero attached hydrogens (tertiary/aromatic N) is 2. The third-order valence-corrected chi connectivity index (χ3v) is 6.65. The standard InChI is InChI=1S/C26H23N2OS/c1-27-22-12-6-5-11-21(22)20(17-24(27)19-9-3-2-4-10-19)18-26-28(15-16-29)23-13-7-8-14-25(23)30-26/h2-14,17-18,29H,15-16H2,1H3/q+1. The number of allylic oxidation sites excluding steroid dienone is 2. The van der Waals surface area contributed by atoms with E-state index in [1.807, 2.05) is 6.07 Å². The van der Waals surface area contributed by atoms with E-state index in [1.165, 1.54) is 32.8 Å². The lowest BCUT2D eigenvalue weighted by Crippen LogP contribution is -2.36. The van der Waals surface area contributed by atoms with E-state index >= 15 is 0 Å². The van der Waals surface area contributed by atoms with Gasteiger partial charge in [-0.1, -0.05) is 72.0 Å². The van der Waals surface area contributed by atoms with Crippen LogP contribution in [0, 0.1) is 0 Å². The van der Waals surface area contributed by atoms with Gasteiger partial charge in [-0.25, -0.2) is 0 Å². The summed E-state index contributed by atoms with van der Waals surface area (Å²) in [6.45, 7) is 0.700. The topological polar surface area (TPSA) is 27.4 Å². The van der Waals surface area contributed by atoms with Gasteiger partial charge in [0.15, 0.2) is 6.54 Å². The van der Waals surface area contributed by atoms with Crippen LogP contribution in [0.15, 0.2) is 84.9 Å². The van der Waals surface area contributed by atoms with Crippen LogP contribution in [0.2, 0.25) is 0 Å². The fourth-order valence-corrected chi connectivity index (χ4v) is 5.23. The van der Waals surface area contributed by atoms with Crippen molar-refractivity contribution in [1.29, 1.82) is 0 Å². The Hall–Kier alpha value is -3.21. The van der Waals surface area contributed by atoms with E-state index in [9.17, 15) is 5.11 Å². The van der Waals surface area contributed by atoms with Crippen LogP contribution in [0.5, 0.6) is 0 Å². The van der Waals surface area contributed by atoms with Crippen molar-refractivity contribution in [2.75, 3.05) is 18.6 Å². The number of benzene rings is 3. The highest BCUT2D eigenvalue weighted by atomic mass is 32.1. The molecule has 1 aromatic heterocycles. The molecule has 0 saturated carbocycles. The van der Waals surface area contributed by atoms with Gasteiger partial charge in [-0.3, -0.25) is 0 Å². The van der Waals surface area contributed by atoms with Crippen LogP contribution in [0.25, 0.3) is 27.6 Å². The van der Waals surface area contributed by atoms with Crippen molar-refractivity contribution >= 4 is 44.6 Å². The summed E-state index contributed by atoms with van der Waals surface area (Å²) in [7, 11) is 2.12. The van der Waals surface area contributed by atoms with Gasteiger partial charge < -0.3 is 10.0 Å². The molecule has 0 fully saturated rings. The van der Waals surface area contributed by atoms with Crippen LogP contribution in [0.3, 0.4) is 0 Å². The molecule has 0 saturated heterocycles. The van der Waals surface area contributed by atoms with Crippen molar-refractivity contribution in [1.82, 2.24) is 0 Å². The Labute approximate surface area is 180 Å². The van der Waals surface area contributed by atoms with Crippen molar-refractivity contribution in [2.24, 2.45) is 0 Å². The van der Waals surface area contributed by atoms with Crippen molar-refractivity contribution in [3.8, 4) is 0 Å². The van der Waals surface area contributed by atoms with E-state index in [0.717, 1.165) is 10.5 Å². The van der Waals surface area contributed by atoms with E-state index in [-0.39, 0.29) is 6.61 Å². The summed E-state index contributed by atoms with van der Waals surface area (Å²) in [6.07, 6.45) is 4.53. The normalized spacial score (nSPS) is 14.8. The third kappa shape index (κ3) is 3.24. The summed E-state index contributed by atoms with van der Waals surface area (Å²) in [5.41, 5.74) is 7.13. The van der Waals surface area contributed by atoms with E-state index in [4.69, 9.17) is 0 Å². The Kier molecular flexibility index (Phi) is 4.95. The molecule has 1 aliphatic heterocycles. The average Bonchev–Trinajstić information content (AvgIpc) is 3.14. The second-order valence-corrected chi connectivity index (χ2v) is 8.42. The number of aliphatic hydroxyl groups excluding tert-OH is 1. The van der Waals surface area contributed by atoms with Gasteiger partial charge in [-0.2, -0.15) is 4.57 Å². The minimum Gasteiger partial charge on any atom is -0.390 e. The second-order valence-electron chi connectivity index (χ2n) is 7.35. The number of thiazole rings is 1. The van der Waals surface area contributed by atoms with Gasteiger partial charge in [0.05, 0.1) is 0 Å². The minimum absolute atomic E-state index is 0.117. The van der Waals surface area contributed by atoms with E-state index in [2.05, 4.69) is 101 Å². The number of anilines is 1. The van der Waals surface area contributed by atoms with Crippen molar-refractivity contribution in [3.63, 3.8) is 0 Å². The zero-order valence-electron chi connectivity index (χ0n) is 16.8. The first kappa shape index (κ1) is 18.8. The maximum Gasteiger partial charge on any atom is 0.263 e. The molecular weight excluding hydrogens is 388 g/mol. The number of fused-ring (bicyclic) bond motifs is 2. The van der Waals surface area contributed by atoms with Crippen LogP contribution < -0.4 is 9.47 Å². The van der Waals surface area contributed by atoms with Crippen molar-refractivity contribution in [2.45, 2.75) is 6.54 Å². The van der Waals surface area contributed by atoms with E-state index in [0.29, 0.717) is 6.54 Å². The number of aliphatic hydroxyl groups is 1. The van der Waals surface area contributed by atoms with Gasteiger partial charge >= 0.3 is 0 Å². The van der Waals surface area contributed by atoms with Crippen LogP contribution in [0.4, 0.5) is 5.69 Å². The van der Waals surface area contributed by atoms with Crippen molar-refractivity contribution in [3.05, 3.63) is 101 Å². The molecular formula is C26H23N2OS+.